The minimum atomic E-state index is -3.89. The predicted octanol–water partition coefficient (Wildman–Crippen LogP) is 2.97. The number of hydrogen-bond acceptors (Lipinski definition) is 7. The molecule has 1 fully saturated rings. The molecule has 0 saturated carbocycles. The zero-order valence-electron chi connectivity index (χ0n) is 16.3. The van der Waals surface area contributed by atoms with E-state index in [4.69, 9.17) is 4.74 Å². The van der Waals surface area contributed by atoms with Gasteiger partial charge in [0.2, 0.25) is 10.0 Å². The summed E-state index contributed by atoms with van der Waals surface area (Å²) < 4.78 is 33.0. The van der Waals surface area contributed by atoms with E-state index in [9.17, 15) is 18.5 Å². The average molecular weight is 438 g/mol. The van der Waals surface area contributed by atoms with Crippen molar-refractivity contribution in [3.05, 3.63) is 58.1 Å². The molecule has 0 N–H and O–H groups in total. The number of morpholine rings is 1. The molecule has 1 aliphatic heterocycles. The molecule has 2 aromatic rings. The molecule has 10 heteroatoms. The molecule has 29 heavy (non-hydrogen) atoms. The van der Waals surface area contributed by atoms with Gasteiger partial charge in [0.15, 0.2) is 0 Å². The maximum atomic E-state index is 13.2. The molecular formula is C19H23N3O5S2. The first kappa shape index (κ1) is 21.6. The number of nitro groups is 1. The average Bonchev–Trinajstić information content (AvgIpc) is 2.74. The Bertz CT molecular complexity index is 974. The Kier molecular flexibility index (Phi) is 6.78. The van der Waals surface area contributed by atoms with Gasteiger partial charge in [-0.05, 0) is 30.0 Å². The van der Waals surface area contributed by atoms with Crippen molar-refractivity contribution >= 4 is 33.2 Å². The van der Waals surface area contributed by atoms with E-state index in [-0.39, 0.29) is 23.7 Å². The van der Waals surface area contributed by atoms with Crippen molar-refractivity contribution in [3.63, 3.8) is 0 Å². The Morgan fingerprint density at radius 2 is 1.83 bits per heavy atom. The third-order valence-electron chi connectivity index (χ3n) is 4.73. The van der Waals surface area contributed by atoms with E-state index in [2.05, 4.69) is 0 Å². The Balaban J connectivity index is 1.97. The van der Waals surface area contributed by atoms with Crippen molar-refractivity contribution in [2.45, 2.75) is 16.3 Å². The normalized spacial score (nSPS) is 15.2. The summed E-state index contributed by atoms with van der Waals surface area (Å²) in [7, 11) is -2.11. The molecule has 1 saturated heterocycles. The number of ether oxygens (including phenoxy) is 1. The minimum absolute atomic E-state index is 0.0585. The van der Waals surface area contributed by atoms with Crippen LogP contribution in [0.3, 0.4) is 0 Å². The molecule has 2 aromatic carbocycles. The van der Waals surface area contributed by atoms with Gasteiger partial charge >= 0.3 is 0 Å². The van der Waals surface area contributed by atoms with Crippen LogP contribution in [-0.4, -0.2) is 57.3 Å². The molecule has 1 aliphatic rings. The Labute approximate surface area is 174 Å². The number of benzene rings is 2. The van der Waals surface area contributed by atoms with E-state index >= 15 is 0 Å². The van der Waals surface area contributed by atoms with Crippen molar-refractivity contribution in [1.29, 1.82) is 0 Å². The molecule has 1 heterocycles. The quantitative estimate of drug-likeness (QED) is 0.373. The molecule has 0 spiro atoms. The van der Waals surface area contributed by atoms with Crippen LogP contribution in [0.25, 0.3) is 0 Å². The van der Waals surface area contributed by atoms with Gasteiger partial charge in [0.05, 0.1) is 23.8 Å². The van der Waals surface area contributed by atoms with Gasteiger partial charge in [-0.25, -0.2) is 8.42 Å². The fraction of sp³-hybridized carbons (Fsp3) is 0.368. The monoisotopic (exact) mass is 437 g/mol. The molecule has 156 valence electrons. The van der Waals surface area contributed by atoms with E-state index in [0.717, 1.165) is 16.5 Å². The molecule has 3 rings (SSSR count). The Morgan fingerprint density at radius 3 is 2.41 bits per heavy atom. The van der Waals surface area contributed by atoms with Gasteiger partial charge in [-0.15, -0.1) is 11.8 Å². The maximum Gasteiger partial charge on any atom is 0.270 e. The van der Waals surface area contributed by atoms with Gasteiger partial charge in [-0.2, -0.15) is 4.31 Å². The van der Waals surface area contributed by atoms with Crippen LogP contribution in [0.4, 0.5) is 11.4 Å². The van der Waals surface area contributed by atoms with Gasteiger partial charge in [0.25, 0.3) is 5.69 Å². The molecule has 0 aromatic heterocycles. The summed E-state index contributed by atoms with van der Waals surface area (Å²) >= 11 is 1.65. The number of sulfonamides is 1. The highest BCUT2D eigenvalue weighted by Gasteiger charge is 2.31. The fourth-order valence-corrected chi connectivity index (χ4v) is 5.23. The van der Waals surface area contributed by atoms with E-state index in [1.807, 2.05) is 30.5 Å². The zero-order valence-corrected chi connectivity index (χ0v) is 17.9. The summed E-state index contributed by atoms with van der Waals surface area (Å²) in [5.41, 5.74) is 1.19. The van der Waals surface area contributed by atoms with Crippen LogP contribution in [0.2, 0.25) is 0 Å². The molecule has 0 amide bonds. The number of anilines is 1. The van der Waals surface area contributed by atoms with E-state index in [1.54, 1.807) is 23.7 Å². The van der Waals surface area contributed by atoms with Crippen molar-refractivity contribution < 1.29 is 18.1 Å². The van der Waals surface area contributed by atoms with Gasteiger partial charge in [-0.1, -0.05) is 12.1 Å². The van der Waals surface area contributed by atoms with Crippen molar-refractivity contribution in [1.82, 2.24) is 4.31 Å². The van der Waals surface area contributed by atoms with Crippen LogP contribution in [0, 0.1) is 10.1 Å². The van der Waals surface area contributed by atoms with Crippen LogP contribution >= 0.6 is 11.8 Å². The van der Waals surface area contributed by atoms with E-state index in [1.165, 1.54) is 16.4 Å². The minimum Gasteiger partial charge on any atom is -0.379 e. The summed E-state index contributed by atoms with van der Waals surface area (Å²) in [6.45, 7) is 1.54. The largest absolute Gasteiger partial charge is 0.379 e. The number of hydrogen-bond donors (Lipinski definition) is 0. The zero-order chi connectivity index (χ0) is 21.0. The third-order valence-corrected chi connectivity index (χ3v) is 7.40. The van der Waals surface area contributed by atoms with Crippen LogP contribution in [0.1, 0.15) is 5.56 Å². The highest BCUT2D eigenvalue weighted by atomic mass is 32.2. The summed E-state index contributed by atoms with van der Waals surface area (Å²) in [5.74, 6) is 0. The van der Waals surface area contributed by atoms with Crippen molar-refractivity contribution in [3.8, 4) is 0 Å². The second-order valence-electron chi connectivity index (χ2n) is 6.63. The summed E-state index contributed by atoms with van der Waals surface area (Å²) in [4.78, 5) is 13.5. The SMILES string of the molecule is CSc1ccc(CN(C)c2ccc([N+](=O)[O-])cc2S(=O)(=O)N2CCOCC2)cc1. The highest BCUT2D eigenvalue weighted by Crippen LogP contribution is 2.32. The lowest BCUT2D eigenvalue weighted by molar-refractivity contribution is -0.385. The first-order chi connectivity index (χ1) is 13.8. The van der Waals surface area contributed by atoms with Gasteiger partial charge < -0.3 is 9.64 Å². The molecule has 0 unspecified atom stereocenters. The summed E-state index contributed by atoms with van der Waals surface area (Å²) in [6.07, 6.45) is 2.00. The molecule has 0 aliphatic carbocycles. The molecule has 0 radical (unpaired) electrons. The second kappa shape index (κ2) is 9.12. The van der Waals surface area contributed by atoms with Crippen LogP contribution in [0.5, 0.6) is 0 Å². The molecule has 0 bridgehead atoms. The summed E-state index contributed by atoms with van der Waals surface area (Å²) in [5, 5.41) is 11.3. The standard InChI is InChI=1S/C19H23N3O5S2/c1-20(14-15-3-6-17(28-2)7-4-15)18-8-5-16(22(23)24)13-19(18)29(25,26)21-9-11-27-12-10-21/h3-8,13H,9-12,14H2,1-2H3. The lowest BCUT2D eigenvalue weighted by atomic mass is 10.2. The molecular weight excluding hydrogens is 414 g/mol. The fourth-order valence-electron chi connectivity index (χ4n) is 3.15. The lowest BCUT2D eigenvalue weighted by Gasteiger charge is -2.29. The van der Waals surface area contributed by atoms with E-state index in [0.29, 0.717) is 25.4 Å². The van der Waals surface area contributed by atoms with Gasteiger partial charge in [0.1, 0.15) is 4.90 Å². The first-order valence-corrected chi connectivity index (χ1v) is 11.7. The van der Waals surface area contributed by atoms with E-state index < -0.39 is 14.9 Å². The smallest absolute Gasteiger partial charge is 0.270 e. The van der Waals surface area contributed by atoms with Crippen LogP contribution in [-0.2, 0) is 21.3 Å². The number of non-ortho nitro benzene ring substituents is 1. The Morgan fingerprint density at radius 1 is 1.17 bits per heavy atom. The van der Waals surface area contributed by atoms with Crippen LogP contribution < -0.4 is 4.90 Å². The third kappa shape index (κ3) is 4.89. The first-order valence-electron chi connectivity index (χ1n) is 9.03. The number of thioether (sulfide) groups is 1. The Hall–Kier alpha value is -2.14. The number of nitro benzene ring substituents is 1. The van der Waals surface area contributed by atoms with Crippen molar-refractivity contribution in [2.24, 2.45) is 0 Å². The second-order valence-corrected chi connectivity index (χ2v) is 9.42. The molecule has 8 nitrogen and oxygen atoms in total. The van der Waals surface area contributed by atoms with Gasteiger partial charge in [0, 0.05) is 43.7 Å². The maximum absolute atomic E-state index is 13.2. The topological polar surface area (TPSA) is 93.0 Å². The van der Waals surface area contributed by atoms with Gasteiger partial charge in [-0.3, -0.25) is 10.1 Å². The van der Waals surface area contributed by atoms with Crippen LogP contribution in [0.15, 0.2) is 52.3 Å². The summed E-state index contributed by atoms with van der Waals surface area (Å²) in [6, 6.07) is 12.0. The molecule has 0 atom stereocenters. The lowest BCUT2D eigenvalue weighted by Crippen LogP contribution is -2.41. The van der Waals surface area contributed by atoms with Crippen molar-refractivity contribution in [2.75, 3.05) is 44.5 Å². The highest BCUT2D eigenvalue weighted by molar-refractivity contribution is 7.98. The predicted molar refractivity (Wildman–Crippen MR) is 113 cm³/mol. The number of rotatable bonds is 7. The number of nitrogens with zero attached hydrogens (tertiary/aromatic N) is 3.